The first-order chi connectivity index (χ1) is 10.2. The van der Waals surface area contributed by atoms with Gasteiger partial charge in [-0.1, -0.05) is 12.8 Å². The van der Waals surface area contributed by atoms with Crippen LogP contribution in [0.4, 0.5) is 0 Å². The SMILES string of the molecule is C1CCC2(C1)CCC(CNC13CC4CC(CC(C4)C1)C3)O2. The molecule has 4 bridgehead atoms. The maximum absolute atomic E-state index is 6.51. The fourth-order valence-electron chi connectivity index (χ4n) is 7.08. The van der Waals surface area contributed by atoms with Crippen LogP contribution in [0.2, 0.25) is 0 Å². The summed E-state index contributed by atoms with van der Waals surface area (Å²) in [7, 11) is 0. The summed E-state index contributed by atoms with van der Waals surface area (Å²) < 4.78 is 6.51. The van der Waals surface area contributed by atoms with Gasteiger partial charge in [-0.25, -0.2) is 0 Å². The number of hydrogen-bond donors (Lipinski definition) is 1. The van der Waals surface area contributed by atoms with E-state index in [4.69, 9.17) is 4.74 Å². The zero-order chi connectivity index (χ0) is 13.9. The van der Waals surface area contributed by atoms with Crippen LogP contribution < -0.4 is 5.32 Å². The molecule has 6 fully saturated rings. The molecule has 1 N–H and O–H groups in total. The van der Waals surface area contributed by atoms with Crippen molar-refractivity contribution in [3.63, 3.8) is 0 Å². The van der Waals surface area contributed by atoms with Gasteiger partial charge in [-0.05, 0) is 82.0 Å². The Morgan fingerprint density at radius 1 is 0.857 bits per heavy atom. The Morgan fingerprint density at radius 3 is 2.10 bits per heavy atom. The molecule has 0 amide bonds. The van der Waals surface area contributed by atoms with E-state index >= 15 is 0 Å². The Hall–Kier alpha value is -0.0800. The van der Waals surface area contributed by atoms with Gasteiger partial charge in [0.1, 0.15) is 0 Å². The van der Waals surface area contributed by atoms with Crippen LogP contribution in [0.1, 0.15) is 77.0 Å². The molecule has 1 unspecified atom stereocenters. The summed E-state index contributed by atoms with van der Waals surface area (Å²) in [6, 6.07) is 0. The van der Waals surface area contributed by atoms with Gasteiger partial charge in [0.2, 0.25) is 0 Å². The summed E-state index contributed by atoms with van der Waals surface area (Å²) >= 11 is 0. The predicted molar refractivity (Wildman–Crippen MR) is 84.2 cm³/mol. The molecule has 1 heterocycles. The highest BCUT2D eigenvalue weighted by Crippen LogP contribution is 2.55. The van der Waals surface area contributed by atoms with Crippen molar-refractivity contribution < 1.29 is 4.74 Å². The molecule has 1 spiro atoms. The van der Waals surface area contributed by atoms with Crippen molar-refractivity contribution in [3.05, 3.63) is 0 Å². The van der Waals surface area contributed by atoms with E-state index in [1.807, 2.05) is 0 Å². The van der Waals surface area contributed by atoms with E-state index in [9.17, 15) is 0 Å². The van der Waals surface area contributed by atoms with Crippen LogP contribution in [-0.2, 0) is 4.74 Å². The van der Waals surface area contributed by atoms with Gasteiger partial charge < -0.3 is 10.1 Å². The number of nitrogens with one attached hydrogen (secondary N) is 1. The van der Waals surface area contributed by atoms with Gasteiger partial charge in [0.05, 0.1) is 11.7 Å². The van der Waals surface area contributed by atoms with Crippen molar-refractivity contribution in [1.29, 1.82) is 0 Å². The Balaban J connectivity index is 1.21. The summed E-state index contributed by atoms with van der Waals surface area (Å²) in [4.78, 5) is 0. The Bertz CT molecular complexity index is 377. The summed E-state index contributed by atoms with van der Waals surface area (Å²) in [6.45, 7) is 1.13. The average molecular weight is 289 g/mol. The van der Waals surface area contributed by atoms with Crippen molar-refractivity contribution >= 4 is 0 Å². The molecule has 5 saturated carbocycles. The van der Waals surface area contributed by atoms with Gasteiger partial charge >= 0.3 is 0 Å². The van der Waals surface area contributed by atoms with Crippen LogP contribution in [0.15, 0.2) is 0 Å². The second kappa shape index (κ2) is 4.71. The molecule has 0 aromatic carbocycles. The second-order valence-corrected chi connectivity index (χ2v) is 9.25. The van der Waals surface area contributed by atoms with Gasteiger partial charge in [0, 0.05) is 12.1 Å². The van der Waals surface area contributed by atoms with Crippen LogP contribution in [-0.4, -0.2) is 23.8 Å². The highest BCUT2D eigenvalue weighted by Gasteiger charge is 2.51. The zero-order valence-corrected chi connectivity index (χ0v) is 13.4. The van der Waals surface area contributed by atoms with Crippen LogP contribution in [0, 0.1) is 17.8 Å². The summed E-state index contributed by atoms with van der Waals surface area (Å²) in [6.07, 6.45) is 17.7. The van der Waals surface area contributed by atoms with Crippen molar-refractivity contribution in [2.75, 3.05) is 6.54 Å². The molecule has 0 radical (unpaired) electrons. The molecule has 2 heteroatoms. The molecule has 21 heavy (non-hydrogen) atoms. The fraction of sp³-hybridized carbons (Fsp3) is 1.00. The van der Waals surface area contributed by atoms with E-state index < -0.39 is 0 Å². The van der Waals surface area contributed by atoms with Gasteiger partial charge in [-0.2, -0.15) is 0 Å². The first kappa shape index (κ1) is 13.4. The van der Waals surface area contributed by atoms with Crippen LogP contribution in [0.3, 0.4) is 0 Å². The zero-order valence-electron chi connectivity index (χ0n) is 13.4. The van der Waals surface area contributed by atoms with Crippen LogP contribution >= 0.6 is 0 Å². The lowest BCUT2D eigenvalue weighted by Gasteiger charge is -2.57. The highest BCUT2D eigenvalue weighted by molar-refractivity contribution is 5.07. The summed E-state index contributed by atoms with van der Waals surface area (Å²) in [5.74, 6) is 3.15. The number of rotatable bonds is 3. The largest absolute Gasteiger partial charge is 0.370 e. The fourth-order valence-corrected chi connectivity index (χ4v) is 7.08. The minimum absolute atomic E-state index is 0.313. The third-order valence-corrected chi connectivity index (χ3v) is 7.60. The maximum atomic E-state index is 6.51. The van der Waals surface area contributed by atoms with Crippen molar-refractivity contribution in [1.82, 2.24) is 5.32 Å². The smallest absolute Gasteiger partial charge is 0.0708 e. The molecular weight excluding hydrogens is 258 g/mol. The first-order valence-electron chi connectivity index (χ1n) is 9.66. The summed E-state index contributed by atoms with van der Waals surface area (Å²) in [5, 5.41) is 4.05. The lowest BCUT2D eigenvalue weighted by atomic mass is 9.53. The van der Waals surface area contributed by atoms with E-state index in [-0.39, 0.29) is 0 Å². The van der Waals surface area contributed by atoms with Crippen molar-refractivity contribution in [2.45, 2.75) is 94.3 Å². The topological polar surface area (TPSA) is 21.3 Å². The van der Waals surface area contributed by atoms with E-state index in [0.717, 1.165) is 24.3 Å². The van der Waals surface area contributed by atoms with Gasteiger partial charge in [-0.3, -0.25) is 0 Å². The Morgan fingerprint density at radius 2 is 1.48 bits per heavy atom. The highest BCUT2D eigenvalue weighted by atomic mass is 16.5. The standard InChI is InChI=1S/C19H31NO/c1-2-5-19(4-1)6-3-17(21-19)13-20-18-10-14-7-15(11-18)9-16(8-14)12-18/h14-17,20H,1-13H2. The average Bonchev–Trinajstić information content (AvgIpc) is 3.06. The molecule has 5 aliphatic carbocycles. The van der Waals surface area contributed by atoms with Gasteiger partial charge in [0.15, 0.2) is 0 Å². The monoisotopic (exact) mass is 289 g/mol. The van der Waals surface area contributed by atoms with E-state index in [0.29, 0.717) is 17.2 Å². The van der Waals surface area contributed by atoms with E-state index in [2.05, 4.69) is 5.32 Å². The Labute approximate surface area is 129 Å². The molecule has 6 aliphatic rings. The predicted octanol–water partition coefficient (Wildman–Crippen LogP) is 4.04. The van der Waals surface area contributed by atoms with E-state index in [1.165, 1.54) is 57.8 Å². The van der Waals surface area contributed by atoms with Crippen molar-refractivity contribution in [2.24, 2.45) is 17.8 Å². The first-order valence-corrected chi connectivity index (χ1v) is 9.66. The number of hydrogen-bond acceptors (Lipinski definition) is 2. The molecular formula is C19H31NO. The molecule has 0 aromatic rings. The van der Waals surface area contributed by atoms with E-state index in [1.54, 1.807) is 19.3 Å². The molecule has 6 rings (SSSR count). The maximum Gasteiger partial charge on any atom is 0.0708 e. The molecule has 0 aromatic heterocycles. The number of ether oxygens (including phenoxy) is 1. The van der Waals surface area contributed by atoms with Crippen molar-refractivity contribution in [3.8, 4) is 0 Å². The molecule has 1 atom stereocenters. The molecule has 118 valence electrons. The van der Waals surface area contributed by atoms with Crippen LogP contribution in [0.25, 0.3) is 0 Å². The van der Waals surface area contributed by atoms with Crippen LogP contribution in [0.5, 0.6) is 0 Å². The second-order valence-electron chi connectivity index (χ2n) is 9.25. The molecule has 1 saturated heterocycles. The Kier molecular flexibility index (Phi) is 3.00. The normalized spacial score (nSPS) is 50.3. The third-order valence-electron chi connectivity index (χ3n) is 7.60. The lowest BCUT2D eigenvalue weighted by molar-refractivity contribution is -0.0534. The molecule has 2 nitrogen and oxygen atoms in total. The third kappa shape index (κ3) is 2.28. The quantitative estimate of drug-likeness (QED) is 0.846. The van der Waals surface area contributed by atoms with Gasteiger partial charge in [-0.15, -0.1) is 0 Å². The molecule has 1 aliphatic heterocycles. The minimum atomic E-state index is 0.313. The minimum Gasteiger partial charge on any atom is -0.370 e. The summed E-state index contributed by atoms with van der Waals surface area (Å²) in [5.41, 5.74) is 0.831. The van der Waals surface area contributed by atoms with Gasteiger partial charge in [0.25, 0.3) is 0 Å². The lowest BCUT2D eigenvalue weighted by Crippen LogP contribution is -2.59.